The second-order valence-electron chi connectivity index (χ2n) is 7.69. The van der Waals surface area contributed by atoms with Gasteiger partial charge in [0.1, 0.15) is 11.8 Å². The molecule has 162 valence electrons. The first-order valence-corrected chi connectivity index (χ1v) is 11.0. The number of piperazine rings is 1. The van der Waals surface area contributed by atoms with E-state index in [4.69, 9.17) is 0 Å². The quantitative estimate of drug-likeness (QED) is 0.613. The second-order valence-corrected chi connectivity index (χ2v) is 8.71. The van der Waals surface area contributed by atoms with Crippen LogP contribution in [0.3, 0.4) is 0 Å². The zero-order valence-electron chi connectivity index (χ0n) is 17.3. The summed E-state index contributed by atoms with van der Waals surface area (Å²) in [6.07, 6.45) is 3.24. The number of hydrogen-bond acceptors (Lipinski definition) is 7. The Bertz CT molecular complexity index is 1280. The van der Waals surface area contributed by atoms with E-state index in [1.807, 2.05) is 39.8 Å². The fraction of sp³-hybridized carbons (Fsp3) is 0.227. The normalized spacial score (nSPS) is 18.5. The number of hydrogen-bond donors (Lipinski definition) is 1. The van der Waals surface area contributed by atoms with Gasteiger partial charge in [-0.25, -0.2) is 9.97 Å². The fourth-order valence-electron chi connectivity index (χ4n) is 3.71. The van der Waals surface area contributed by atoms with Crippen LogP contribution in [0, 0.1) is 0 Å². The Balaban J connectivity index is 1.47. The number of amides is 3. The van der Waals surface area contributed by atoms with Gasteiger partial charge in [0.15, 0.2) is 5.65 Å². The van der Waals surface area contributed by atoms with Gasteiger partial charge in [0.25, 0.3) is 17.1 Å². The van der Waals surface area contributed by atoms with E-state index in [1.165, 1.54) is 0 Å². The van der Waals surface area contributed by atoms with Crippen LogP contribution >= 0.6 is 11.8 Å². The molecular formula is C22H20N6O3S. The molecule has 4 heterocycles. The zero-order valence-corrected chi connectivity index (χ0v) is 18.1. The summed E-state index contributed by atoms with van der Waals surface area (Å²) in [6, 6.07) is 11.0. The maximum absolute atomic E-state index is 13.0. The molecule has 1 aromatic carbocycles. The molecule has 3 amide bonds. The van der Waals surface area contributed by atoms with Crippen LogP contribution in [0.1, 0.15) is 16.1 Å². The average molecular weight is 449 g/mol. The first kappa shape index (κ1) is 20.4. The third-order valence-corrected chi connectivity index (χ3v) is 6.31. The van der Waals surface area contributed by atoms with Crippen LogP contribution in [0.15, 0.2) is 47.6 Å². The molecule has 0 saturated carbocycles. The Morgan fingerprint density at radius 1 is 1.12 bits per heavy atom. The molecule has 0 bridgehead atoms. The maximum atomic E-state index is 13.0. The lowest BCUT2D eigenvalue weighted by molar-refractivity contribution is -0.115. The fourth-order valence-corrected chi connectivity index (χ4v) is 4.38. The number of thioether (sulfide) groups is 1. The first-order valence-electron chi connectivity index (χ1n) is 10.2. The van der Waals surface area contributed by atoms with Crippen molar-refractivity contribution in [3.63, 3.8) is 0 Å². The summed E-state index contributed by atoms with van der Waals surface area (Å²) in [5.41, 5.74) is 3.20. The number of imide groups is 1. The number of carbonyl (C=O) groups is 3. The van der Waals surface area contributed by atoms with Crippen molar-refractivity contribution in [3.05, 3.63) is 58.9 Å². The van der Waals surface area contributed by atoms with E-state index in [0.29, 0.717) is 40.4 Å². The van der Waals surface area contributed by atoms with Gasteiger partial charge in [-0.3, -0.25) is 24.3 Å². The standard InChI is InChI=1S/C22H20N6O3S/c1-26-7-9-27(10-8-26)21(30)14-3-2-4-16(11-14)28-13-23-17-6-5-15(24-19(17)28)12-18-20(29)25-22(31)32-18/h2-6,11-13H,7-10H2,1H3,(H,25,29,31)/b18-12-. The number of nitrogens with one attached hydrogen (secondary N) is 1. The van der Waals surface area contributed by atoms with Gasteiger partial charge in [-0.2, -0.15) is 0 Å². The van der Waals surface area contributed by atoms with E-state index in [2.05, 4.69) is 27.2 Å². The van der Waals surface area contributed by atoms with Crippen molar-refractivity contribution in [1.82, 2.24) is 29.7 Å². The van der Waals surface area contributed by atoms with Gasteiger partial charge in [-0.1, -0.05) is 6.07 Å². The number of benzene rings is 1. The molecule has 0 aliphatic carbocycles. The number of fused-ring (bicyclic) bond motifs is 1. The summed E-state index contributed by atoms with van der Waals surface area (Å²) in [7, 11) is 2.06. The number of nitrogens with zero attached hydrogens (tertiary/aromatic N) is 5. The molecule has 2 aromatic heterocycles. The van der Waals surface area contributed by atoms with Gasteiger partial charge in [-0.05, 0) is 55.2 Å². The molecule has 3 aromatic rings. The monoisotopic (exact) mass is 448 g/mol. The molecule has 5 rings (SSSR count). The summed E-state index contributed by atoms with van der Waals surface area (Å²) in [5, 5.41) is 1.84. The SMILES string of the molecule is CN1CCN(C(=O)c2cccc(-n3cnc4ccc(/C=C5\SC(=O)NC5=O)nc43)c2)CC1. The number of pyridine rings is 1. The minimum Gasteiger partial charge on any atom is -0.336 e. The van der Waals surface area contributed by atoms with Crippen molar-refractivity contribution in [1.29, 1.82) is 0 Å². The minimum absolute atomic E-state index is 0.0108. The first-order chi connectivity index (χ1) is 15.5. The third kappa shape index (κ3) is 3.90. The van der Waals surface area contributed by atoms with Gasteiger partial charge in [0, 0.05) is 37.4 Å². The van der Waals surface area contributed by atoms with Gasteiger partial charge < -0.3 is 9.80 Å². The second kappa shape index (κ2) is 8.21. The van der Waals surface area contributed by atoms with Crippen LogP contribution < -0.4 is 5.32 Å². The van der Waals surface area contributed by atoms with E-state index in [0.717, 1.165) is 30.5 Å². The van der Waals surface area contributed by atoms with Crippen LogP contribution in [-0.2, 0) is 4.79 Å². The molecular weight excluding hydrogens is 428 g/mol. The molecule has 9 nitrogen and oxygen atoms in total. The molecule has 0 spiro atoms. The van der Waals surface area contributed by atoms with Gasteiger partial charge in [0.05, 0.1) is 10.6 Å². The number of rotatable bonds is 3. The zero-order chi connectivity index (χ0) is 22.2. The molecule has 2 saturated heterocycles. The molecule has 0 unspecified atom stereocenters. The number of aromatic nitrogens is 3. The molecule has 2 aliphatic heterocycles. The predicted octanol–water partition coefficient (Wildman–Crippen LogP) is 2.13. The molecule has 10 heteroatoms. The smallest absolute Gasteiger partial charge is 0.290 e. The topological polar surface area (TPSA) is 100 Å². The van der Waals surface area contributed by atoms with Crippen LogP contribution in [0.5, 0.6) is 0 Å². The van der Waals surface area contributed by atoms with E-state index in [9.17, 15) is 14.4 Å². The predicted molar refractivity (Wildman–Crippen MR) is 121 cm³/mol. The highest BCUT2D eigenvalue weighted by Crippen LogP contribution is 2.26. The average Bonchev–Trinajstić information content (AvgIpc) is 3.35. The van der Waals surface area contributed by atoms with Crippen molar-refractivity contribution in [2.45, 2.75) is 0 Å². The van der Waals surface area contributed by atoms with Gasteiger partial charge in [-0.15, -0.1) is 0 Å². The van der Waals surface area contributed by atoms with Crippen LogP contribution in [0.25, 0.3) is 22.9 Å². The highest BCUT2D eigenvalue weighted by Gasteiger charge is 2.25. The number of carbonyl (C=O) groups excluding carboxylic acids is 3. The van der Waals surface area contributed by atoms with Crippen molar-refractivity contribution >= 4 is 46.1 Å². The van der Waals surface area contributed by atoms with Crippen LogP contribution in [-0.4, -0.2) is 74.6 Å². The Morgan fingerprint density at radius 2 is 1.94 bits per heavy atom. The van der Waals surface area contributed by atoms with Gasteiger partial charge in [0.2, 0.25) is 0 Å². The molecule has 0 radical (unpaired) electrons. The maximum Gasteiger partial charge on any atom is 0.290 e. The summed E-state index contributed by atoms with van der Waals surface area (Å²) < 4.78 is 1.81. The van der Waals surface area contributed by atoms with Crippen LogP contribution in [0.4, 0.5) is 4.79 Å². The highest BCUT2D eigenvalue weighted by molar-refractivity contribution is 8.18. The summed E-state index contributed by atoms with van der Waals surface area (Å²) in [4.78, 5) is 49.6. The molecule has 1 N–H and O–H groups in total. The Hall–Kier alpha value is -3.50. The highest BCUT2D eigenvalue weighted by atomic mass is 32.2. The number of imidazole rings is 1. The summed E-state index contributed by atoms with van der Waals surface area (Å²) in [5.74, 6) is -0.415. The van der Waals surface area contributed by atoms with Crippen molar-refractivity contribution < 1.29 is 14.4 Å². The molecule has 0 atom stereocenters. The summed E-state index contributed by atoms with van der Waals surface area (Å²) in [6.45, 7) is 3.14. The van der Waals surface area contributed by atoms with Gasteiger partial charge >= 0.3 is 0 Å². The Morgan fingerprint density at radius 3 is 2.69 bits per heavy atom. The minimum atomic E-state index is -0.425. The van der Waals surface area contributed by atoms with E-state index in [-0.39, 0.29) is 5.91 Å². The molecule has 2 aliphatic rings. The van der Waals surface area contributed by atoms with E-state index >= 15 is 0 Å². The lowest BCUT2D eigenvalue weighted by Crippen LogP contribution is -2.47. The van der Waals surface area contributed by atoms with E-state index in [1.54, 1.807) is 18.5 Å². The lowest BCUT2D eigenvalue weighted by Gasteiger charge is -2.32. The summed E-state index contributed by atoms with van der Waals surface area (Å²) >= 11 is 0.849. The lowest BCUT2D eigenvalue weighted by atomic mass is 10.1. The molecule has 32 heavy (non-hydrogen) atoms. The van der Waals surface area contributed by atoms with Crippen molar-refractivity contribution in [2.75, 3.05) is 33.2 Å². The van der Waals surface area contributed by atoms with Crippen molar-refractivity contribution in [2.24, 2.45) is 0 Å². The molecule has 2 fully saturated rings. The van der Waals surface area contributed by atoms with E-state index < -0.39 is 11.1 Å². The van der Waals surface area contributed by atoms with Crippen molar-refractivity contribution in [3.8, 4) is 5.69 Å². The van der Waals surface area contributed by atoms with Crippen LogP contribution in [0.2, 0.25) is 0 Å². The number of likely N-dealkylation sites (N-methyl/N-ethyl adjacent to an activating group) is 1. The Kier molecular flexibility index (Phi) is 5.24. The largest absolute Gasteiger partial charge is 0.336 e. The third-order valence-electron chi connectivity index (χ3n) is 5.50. The Labute approximate surface area is 188 Å².